The third kappa shape index (κ3) is 2.62. The van der Waals surface area contributed by atoms with Gasteiger partial charge in [-0.05, 0) is 6.92 Å². The summed E-state index contributed by atoms with van der Waals surface area (Å²) in [6.45, 7) is 2.46. The summed E-state index contributed by atoms with van der Waals surface area (Å²) >= 11 is 1.56. The molecule has 0 aromatic carbocycles. The quantitative estimate of drug-likeness (QED) is 0.853. The maximum absolute atomic E-state index is 11.4. The lowest BCUT2D eigenvalue weighted by molar-refractivity contribution is 0.408. The number of hydrogen-bond acceptors (Lipinski definition) is 6. The largest absolute Gasteiger partial charge is 0.489 e. The number of hydrogen-bond donors (Lipinski definition) is 2. The first-order valence-corrected chi connectivity index (χ1v) is 5.85. The number of thiazole rings is 1. The molecule has 2 rings (SSSR count). The minimum atomic E-state index is -0.305. The summed E-state index contributed by atoms with van der Waals surface area (Å²) in [5.74, 6) is 0.602. The first-order valence-electron chi connectivity index (χ1n) is 4.97. The summed E-state index contributed by atoms with van der Waals surface area (Å²) < 4.78 is 4.98. The Morgan fingerprint density at radius 2 is 2.41 bits per heavy atom. The average molecular weight is 252 g/mol. The van der Waals surface area contributed by atoms with E-state index in [1.54, 1.807) is 11.3 Å². The van der Waals surface area contributed by atoms with Crippen LogP contribution >= 0.6 is 11.3 Å². The smallest absolute Gasteiger partial charge is 0.295 e. The van der Waals surface area contributed by atoms with E-state index < -0.39 is 0 Å². The number of nitrogens with zero attached hydrogens (tertiary/aromatic N) is 2. The highest BCUT2D eigenvalue weighted by atomic mass is 32.1. The molecule has 0 atom stereocenters. The van der Waals surface area contributed by atoms with Gasteiger partial charge in [-0.15, -0.1) is 11.3 Å². The number of H-pyrrole nitrogens is 1. The molecule has 0 spiro atoms. The van der Waals surface area contributed by atoms with E-state index in [2.05, 4.69) is 20.3 Å². The van der Waals surface area contributed by atoms with Crippen molar-refractivity contribution in [2.24, 2.45) is 0 Å². The van der Waals surface area contributed by atoms with Crippen molar-refractivity contribution in [2.45, 2.75) is 13.5 Å². The molecular weight excluding hydrogens is 240 g/mol. The Bertz CT molecular complexity index is 563. The summed E-state index contributed by atoms with van der Waals surface area (Å²) in [5, 5.41) is 5.93. The van der Waals surface area contributed by atoms with Gasteiger partial charge in [0, 0.05) is 11.1 Å². The zero-order chi connectivity index (χ0) is 12.3. The minimum Gasteiger partial charge on any atom is -0.489 e. The van der Waals surface area contributed by atoms with Crippen molar-refractivity contribution >= 4 is 17.2 Å². The highest BCUT2D eigenvalue weighted by molar-refractivity contribution is 7.09. The van der Waals surface area contributed by atoms with Crippen LogP contribution in [0.4, 0.5) is 5.82 Å². The molecule has 0 bridgehead atoms. The molecule has 0 aliphatic heterocycles. The standard InChI is InChI=1S/C10H12N4O2S/c1-6-4-17-7(14-6)3-11-9-8(16-2)10(15)13-5-12-9/h4-5H,3H2,1-2H3,(H2,11,12,13,15). The molecule has 17 heavy (non-hydrogen) atoms. The van der Waals surface area contributed by atoms with Gasteiger partial charge in [-0.25, -0.2) is 9.97 Å². The Labute approximate surface area is 102 Å². The Morgan fingerprint density at radius 3 is 3.06 bits per heavy atom. The summed E-state index contributed by atoms with van der Waals surface area (Å²) in [6.07, 6.45) is 1.33. The van der Waals surface area contributed by atoms with Crippen molar-refractivity contribution < 1.29 is 4.74 Å². The molecule has 0 aliphatic carbocycles. The fourth-order valence-electron chi connectivity index (χ4n) is 1.35. The molecule has 2 aromatic heterocycles. The van der Waals surface area contributed by atoms with Crippen LogP contribution in [0, 0.1) is 6.92 Å². The van der Waals surface area contributed by atoms with Gasteiger partial charge in [0.2, 0.25) is 5.75 Å². The van der Waals surface area contributed by atoms with E-state index in [1.807, 2.05) is 12.3 Å². The zero-order valence-electron chi connectivity index (χ0n) is 9.48. The molecular formula is C10H12N4O2S. The molecule has 0 amide bonds. The predicted octanol–water partition coefficient (Wildman–Crippen LogP) is 1.16. The van der Waals surface area contributed by atoms with Gasteiger partial charge in [-0.3, -0.25) is 4.79 Å². The maximum atomic E-state index is 11.4. The highest BCUT2D eigenvalue weighted by Gasteiger charge is 2.08. The molecule has 0 fully saturated rings. The van der Waals surface area contributed by atoms with Gasteiger partial charge >= 0.3 is 0 Å². The second-order valence-electron chi connectivity index (χ2n) is 3.35. The normalized spacial score (nSPS) is 10.2. The Kier molecular flexibility index (Phi) is 3.38. The summed E-state index contributed by atoms with van der Waals surface area (Å²) in [6, 6.07) is 0. The van der Waals surface area contributed by atoms with Crippen LogP contribution < -0.4 is 15.6 Å². The molecule has 0 saturated heterocycles. The SMILES string of the molecule is COc1c(NCc2nc(C)cs2)nc[nH]c1=O. The number of ether oxygens (including phenoxy) is 1. The van der Waals surface area contributed by atoms with Crippen molar-refractivity contribution in [3.05, 3.63) is 32.8 Å². The van der Waals surface area contributed by atoms with Crippen molar-refractivity contribution in [3.8, 4) is 5.75 Å². The Balaban J connectivity index is 2.14. The molecule has 2 N–H and O–H groups in total. The van der Waals surface area contributed by atoms with E-state index >= 15 is 0 Å². The molecule has 0 saturated carbocycles. The first-order chi connectivity index (χ1) is 8.20. The van der Waals surface area contributed by atoms with E-state index in [-0.39, 0.29) is 11.3 Å². The van der Waals surface area contributed by atoms with Gasteiger partial charge in [-0.2, -0.15) is 0 Å². The van der Waals surface area contributed by atoms with Gasteiger partial charge < -0.3 is 15.0 Å². The van der Waals surface area contributed by atoms with E-state index in [1.165, 1.54) is 13.4 Å². The molecule has 6 nitrogen and oxygen atoms in total. The van der Waals surface area contributed by atoms with Crippen molar-refractivity contribution in [3.63, 3.8) is 0 Å². The van der Waals surface area contributed by atoms with Crippen LogP contribution in [0.15, 0.2) is 16.5 Å². The number of anilines is 1. The number of aryl methyl sites for hydroxylation is 1. The molecule has 0 unspecified atom stereocenters. The summed E-state index contributed by atoms with van der Waals surface area (Å²) in [4.78, 5) is 22.2. The van der Waals surface area contributed by atoms with Crippen LogP contribution in [0.5, 0.6) is 5.75 Å². The third-order valence-corrected chi connectivity index (χ3v) is 3.06. The molecule has 2 heterocycles. The van der Waals surface area contributed by atoms with Crippen molar-refractivity contribution in [1.82, 2.24) is 15.0 Å². The van der Waals surface area contributed by atoms with E-state index in [4.69, 9.17) is 4.74 Å². The predicted molar refractivity (Wildman–Crippen MR) is 65.6 cm³/mol. The van der Waals surface area contributed by atoms with Crippen molar-refractivity contribution in [1.29, 1.82) is 0 Å². The van der Waals surface area contributed by atoms with Gasteiger partial charge in [0.15, 0.2) is 5.82 Å². The first kappa shape index (κ1) is 11.6. The van der Waals surface area contributed by atoms with Crippen molar-refractivity contribution in [2.75, 3.05) is 12.4 Å². The zero-order valence-corrected chi connectivity index (χ0v) is 10.3. The second-order valence-corrected chi connectivity index (χ2v) is 4.29. The van der Waals surface area contributed by atoms with Gasteiger partial charge in [0.25, 0.3) is 5.56 Å². The highest BCUT2D eigenvalue weighted by Crippen LogP contribution is 2.16. The fourth-order valence-corrected chi connectivity index (χ4v) is 2.06. The lowest BCUT2D eigenvalue weighted by atomic mass is 10.5. The molecule has 0 radical (unpaired) electrons. The average Bonchev–Trinajstić information content (AvgIpc) is 2.72. The Hall–Kier alpha value is -1.89. The van der Waals surface area contributed by atoms with Crippen LogP contribution in [0.1, 0.15) is 10.7 Å². The number of rotatable bonds is 4. The maximum Gasteiger partial charge on any atom is 0.295 e. The summed E-state index contributed by atoms with van der Waals surface area (Å²) in [7, 11) is 1.44. The molecule has 90 valence electrons. The monoisotopic (exact) mass is 252 g/mol. The van der Waals surface area contributed by atoms with Gasteiger partial charge in [-0.1, -0.05) is 0 Å². The van der Waals surface area contributed by atoms with E-state index in [0.717, 1.165) is 10.7 Å². The van der Waals surface area contributed by atoms with Crippen LogP contribution in [0.3, 0.4) is 0 Å². The molecule has 0 aliphatic rings. The molecule has 2 aromatic rings. The van der Waals surface area contributed by atoms with Gasteiger partial charge in [0.05, 0.1) is 20.0 Å². The number of aromatic amines is 1. The van der Waals surface area contributed by atoms with E-state index in [0.29, 0.717) is 12.4 Å². The molecule has 7 heteroatoms. The Morgan fingerprint density at radius 1 is 1.59 bits per heavy atom. The topological polar surface area (TPSA) is 79.9 Å². The van der Waals surface area contributed by atoms with Crippen LogP contribution in [0.2, 0.25) is 0 Å². The second kappa shape index (κ2) is 4.96. The van der Waals surface area contributed by atoms with Crippen LogP contribution in [-0.2, 0) is 6.54 Å². The third-order valence-electron chi connectivity index (χ3n) is 2.09. The lowest BCUT2D eigenvalue weighted by Crippen LogP contribution is -2.13. The van der Waals surface area contributed by atoms with Crippen LogP contribution in [-0.4, -0.2) is 22.1 Å². The fraction of sp³-hybridized carbons (Fsp3) is 0.300. The number of aromatic nitrogens is 3. The van der Waals surface area contributed by atoms with E-state index in [9.17, 15) is 4.79 Å². The van der Waals surface area contributed by atoms with Crippen LogP contribution in [0.25, 0.3) is 0 Å². The van der Waals surface area contributed by atoms with Gasteiger partial charge in [0.1, 0.15) is 5.01 Å². The minimum absolute atomic E-state index is 0.181. The number of nitrogens with one attached hydrogen (secondary N) is 2. The number of methoxy groups -OCH3 is 1. The lowest BCUT2D eigenvalue weighted by Gasteiger charge is -2.06. The summed E-state index contributed by atoms with van der Waals surface area (Å²) in [5.41, 5.74) is 0.679.